The predicted octanol–water partition coefficient (Wildman–Crippen LogP) is 2.31. The van der Waals surface area contributed by atoms with Crippen LogP contribution < -0.4 is 5.32 Å². The molecule has 0 radical (unpaired) electrons. The molecule has 8 heteroatoms. The van der Waals surface area contributed by atoms with Crippen molar-refractivity contribution in [2.75, 3.05) is 6.54 Å². The molecule has 100 valence electrons. The van der Waals surface area contributed by atoms with Gasteiger partial charge in [0, 0.05) is 27.5 Å². The van der Waals surface area contributed by atoms with Gasteiger partial charge in [-0.1, -0.05) is 33.8 Å². The quantitative estimate of drug-likeness (QED) is 0.907. The molecule has 0 unspecified atom stereocenters. The summed E-state index contributed by atoms with van der Waals surface area (Å²) >= 11 is 13.0. The van der Waals surface area contributed by atoms with E-state index < -0.39 is 12.0 Å². The van der Waals surface area contributed by atoms with Crippen molar-refractivity contribution < 1.29 is 9.90 Å². The molecular formula is C11H9Cl2N3O2S. The summed E-state index contributed by atoms with van der Waals surface area (Å²) in [5, 5.41) is 18.4. The molecule has 1 atom stereocenters. The highest BCUT2D eigenvalue weighted by molar-refractivity contribution is 7.03. The molecule has 5 nitrogen and oxygen atoms in total. The minimum absolute atomic E-state index is 0.0141. The molecule has 0 spiro atoms. The molecule has 0 saturated heterocycles. The average Bonchev–Trinajstić information content (AvgIpc) is 2.89. The Kier molecular flexibility index (Phi) is 4.71. The lowest BCUT2D eigenvalue weighted by molar-refractivity contribution is 0.0911. The number of hydrogen-bond donors (Lipinski definition) is 2. The first kappa shape index (κ1) is 14.2. The van der Waals surface area contributed by atoms with E-state index in [1.54, 1.807) is 18.2 Å². The minimum atomic E-state index is -0.989. The van der Waals surface area contributed by atoms with Gasteiger partial charge in [0.15, 0.2) is 5.69 Å². The van der Waals surface area contributed by atoms with Gasteiger partial charge in [0.1, 0.15) is 0 Å². The zero-order valence-corrected chi connectivity index (χ0v) is 11.8. The number of hydrogen-bond acceptors (Lipinski definition) is 5. The highest BCUT2D eigenvalue weighted by Gasteiger charge is 2.17. The Hall–Kier alpha value is -1.21. The second kappa shape index (κ2) is 6.29. The van der Waals surface area contributed by atoms with Crippen LogP contribution in [0, 0.1) is 0 Å². The standard InChI is InChI=1S/C11H9Cl2N3O2S/c12-6-2-1-3-7(13)10(6)9(17)4-14-11(18)8-5-19-16-15-8/h1-3,5,9,17H,4H2,(H,14,18)/t9-/m1/s1. The molecule has 1 amide bonds. The van der Waals surface area contributed by atoms with Crippen LogP contribution in [0.3, 0.4) is 0 Å². The molecule has 2 rings (SSSR count). The number of rotatable bonds is 4. The van der Waals surface area contributed by atoms with Gasteiger partial charge in [-0.2, -0.15) is 0 Å². The van der Waals surface area contributed by atoms with Gasteiger partial charge in [0.05, 0.1) is 6.10 Å². The van der Waals surface area contributed by atoms with E-state index in [0.717, 1.165) is 11.5 Å². The summed E-state index contributed by atoms with van der Waals surface area (Å²) < 4.78 is 3.58. The van der Waals surface area contributed by atoms with Gasteiger partial charge >= 0.3 is 0 Å². The fraction of sp³-hybridized carbons (Fsp3) is 0.182. The first-order valence-corrected chi connectivity index (χ1v) is 6.86. The van der Waals surface area contributed by atoms with Gasteiger partial charge < -0.3 is 10.4 Å². The minimum Gasteiger partial charge on any atom is -0.386 e. The third-order valence-corrected chi connectivity index (χ3v) is 3.55. The Bertz CT molecular complexity index is 557. The maximum Gasteiger partial charge on any atom is 0.272 e. The number of carbonyl (C=O) groups is 1. The van der Waals surface area contributed by atoms with Crippen LogP contribution in [0.4, 0.5) is 0 Å². The lowest BCUT2D eigenvalue weighted by atomic mass is 10.1. The van der Waals surface area contributed by atoms with Gasteiger partial charge in [-0.15, -0.1) is 5.10 Å². The maximum absolute atomic E-state index is 11.6. The summed E-state index contributed by atoms with van der Waals surface area (Å²) in [6.07, 6.45) is -0.989. The monoisotopic (exact) mass is 317 g/mol. The van der Waals surface area contributed by atoms with E-state index in [0.29, 0.717) is 15.6 Å². The second-order valence-corrected chi connectivity index (χ2v) is 5.08. The fourth-order valence-corrected chi connectivity index (χ4v) is 2.56. The van der Waals surface area contributed by atoms with Crippen molar-refractivity contribution in [3.05, 3.63) is 44.9 Å². The number of aliphatic hydroxyl groups excluding tert-OH is 1. The summed E-state index contributed by atoms with van der Waals surface area (Å²) in [5.41, 5.74) is 0.602. The summed E-state index contributed by atoms with van der Waals surface area (Å²) in [6.45, 7) is -0.0141. The Labute approximate surface area is 123 Å². The SMILES string of the molecule is O=C(NC[C@@H](O)c1c(Cl)cccc1Cl)c1csnn1. The number of aromatic nitrogens is 2. The van der Waals surface area contributed by atoms with Gasteiger partial charge in [-0.05, 0) is 23.7 Å². The maximum atomic E-state index is 11.6. The summed E-state index contributed by atoms with van der Waals surface area (Å²) in [5.74, 6) is -0.407. The summed E-state index contributed by atoms with van der Waals surface area (Å²) in [7, 11) is 0. The van der Waals surface area contributed by atoms with Crippen molar-refractivity contribution in [1.29, 1.82) is 0 Å². The topological polar surface area (TPSA) is 75.1 Å². The van der Waals surface area contributed by atoms with Crippen molar-refractivity contribution in [3.63, 3.8) is 0 Å². The summed E-state index contributed by atoms with van der Waals surface area (Å²) in [6, 6.07) is 4.93. The van der Waals surface area contributed by atoms with Crippen LogP contribution in [0.5, 0.6) is 0 Å². The molecule has 1 aromatic heterocycles. The van der Waals surface area contributed by atoms with Crippen LogP contribution in [-0.4, -0.2) is 27.1 Å². The highest BCUT2D eigenvalue weighted by atomic mass is 35.5. The third kappa shape index (κ3) is 3.42. The number of halogens is 2. The lowest BCUT2D eigenvalue weighted by Gasteiger charge is -2.14. The predicted molar refractivity (Wildman–Crippen MR) is 73.7 cm³/mol. The van der Waals surface area contributed by atoms with E-state index in [1.165, 1.54) is 5.38 Å². The molecule has 19 heavy (non-hydrogen) atoms. The molecule has 1 heterocycles. The first-order valence-electron chi connectivity index (χ1n) is 5.27. The largest absolute Gasteiger partial charge is 0.386 e. The number of nitrogens with zero attached hydrogens (tertiary/aromatic N) is 2. The Morgan fingerprint density at radius 3 is 2.68 bits per heavy atom. The van der Waals surface area contributed by atoms with Gasteiger partial charge in [-0.25, -0.2) is 0 Å². The van der Waals surface area contributed by atoms with Crippen LogP contribution in [0.2, 0.25) is 10.0 Å². The van der Waals surface area contributed by atoms with Crippen molar-refractivity contribution >= 4 is 40.6 Å². The van der Waals surface area contributed by atoms with Gasteiger partial charge in [0.25, 0.3) is 5.91 Å². The molecule has 0 saturated carbocycles. The van der Waals surface area contributed by atoms with Crippen LogP contribution in [0.1, 0.15) is 22.2 Å². The molecule has 2 aromatic rings. The van der Waals surface area contributed by atoms with E-state index in [-0.39, 0.29) is 12.2 Å². The molecule has 0 bridgehead atoms. The molecule has 1 aromatic carbocycles. The highest BCUT2D eigenvalue weighted by Crippen LogP contribution is 2.29. The number of amides is 1. The first-order chi connectivity index (χ1) is 9.09. The van der Waals surface area contributed by atoms with Crippen molar-refractivity contribution in [2.45, 2.75) is 6.10 Å². The van der Waals surface area contributed by atoms with Crippen molar-refractivity contribution in [1.82, 2.24) is 14.9 Å². The van der Waals surface area contributed by atoms with Crippen LogP contribution in [-0.2, 0) is 0 Å². The van der Waals surface area contributed by atoms with E-state index in [4.69, 9.17) is 23.2 Å². The number of carbonyl (C=O) groups excluding carboxylic acids is 1. The molecule has 0 fully saturated rings. The second-order valence-electron chi connectivity index (χ2n) is 3.65. The zero-order valence-electron chi connectivity index (χ0n) is 9.51. The fourth-order valence-electron chi connectivity index (χ4n) is 1.47. The molecule has 0 aliphatic heterocycles. The number of nitrogens with one attached hydrogen (secondary N) is 1. The Morgan fingerprint density at radius 2 is 2.11 bits per heavy atom. The lowest BCUT2D eigenvalue weighted by Crippen LogP contribution is -2.28. The average molecular weight is 318 g/mol. The number of aliphatic hydroxyl groups is 1. The van der Waals surface area contributed by atoms with Crippen molar-refractivity contribution in [3.8, 4) is 0 Å². The van der Waals surface area contributed by atoms with E-state index in [1.807, 2.05) is 0 Å². The van der Waals surface area contributed by atoms with Gasteiger partial charge in [-0.3, -0.25) is 4.79 Å². The molecule has 0 aliphatic rings. The molecule has 0 aliphatic carbocycles. The molecular weight excluding hydrogens is 309 g/mol. The smallest absolute Gasteiger partial charge is 0.272 e. The number of benzene rings is 1. The third-order valence-electron chi connectivity index (χ3n) is 2.38. The Balaban J connectivity index is 2.02. The van der Waals surface area contributed by atoms with Crippen molar-refractivity contribution in [2.24, 2.45) is 0 Å². The van der Waals surface area contributed by atoms with Crippen LogP contribution in [0.15, 0.2) is 23.6 Å². The van der Waals surface area contributed by atoms with Gasteiger partial charge in [0.2, 0.25) is 0 Å². The molecule has 2 N–H and O–H groups in total. The summed E-state index contributed by atoms with van der Waals surface area (Å²) in [4.78, 5) is 11.6. The normalized spacial score (nSPS) is 12.2. The zero-order chi connectivity index (χ0) is 13.8. The Morgan fingerprint density at radius 1 is 1.42 bits per heavy atom. The van der Waals surface area contributed by atoms with Crippen LogP contribution >= 0.6 is 34.7 Å². The van der Waals surface area contributed by atoms with E-state index >= 15 is 0 Å². The van der Waals surface area contributed by atoms with E-state index in [2.05, 4.69) is 14.9 Å². The van der Waals surface area contributed by atoms with E-state index in [9.17, 15) is 9.90 Å². The van der Waals surface area contributed by atoms with Crippen LogP contribution in [0.25, 0.3) is 0 Å².